The topological polar surface area (TPSA) is 17.1 Å². The Bertz CT molecular complexity index is 110. The number of halogens is 3. The van der Waals surface area contributed by atoms with Gasteiger partial charge in [0.15, 0.2) is 0 Å². The van der Waals surface area contributed by atoms with Crippen LogP contribution in [0.2, 0.25) is 0 Å². The van der Waals surface area contributed by atoms with Crippen molar-refractivity contribution in [1.29, 1.82) is 0 Å². The Morgan fingerprint density at radius 2 is 2.14 bits per heavy atom. The minimum atomic E-state index is -0.399. The fourth-order valence-electron chi connectivity index (χ4n) is 0.0429. The van der Waals surface area contributed by atoms with Crippen LogP contribution < -0.4 is 0 Å². The van der Waals surface area contributed by atoms with Crippen LogP contribution in [0.4, 0.5) is 0 Å². The average molecular weight is 204 g/mol. The number of carbonyl (C=O) groups is 1. The van der Waals surface area contributed by atoms with Gasteiger partial charge < -0.3 is 0 Å². The minimum absolute atomic E-state index is 0.0123. The summed E-state index contributed by atoms with van der Waals surface area (Å²) in [6.45, 7) is 0. The summed E-state index contributed by atoms with van der Waals surface area (Å²) >= 11 is 12.7. The van der Waals surface area contributed by atoms with Crippen LogP contribution >= 0.6 is 39.1 Å². The highest BCUT2D eigenvalue weighted by Crippen LogP contribution is 2.07. The van der Waals surface area contributed by atoms with Crippen molar-refractivity contribution in [2.24, 2.45) is 0 Å². The summed E-state index contributed by atoms with van der Waals surface area (Å²) in [5, 5.41) is -0.0123. The van der Waals surface area contributed by atoms with Crippen LogP contribution in [0.15, 0.2) is 10.6 Å². The third kappa shape index (κ3) is 3.09. The average Bonchev–Trinajstić information content (AvgIpc) is 1.65. The number of carbonyl (C=O) groups excluding carboxylic acids is 1. The van der Waals surface area contributed by atoms with E-state index in [1.54, 1.807) is 0 Å². The molecule has 0 saturated heterocycles. The molecule has 0 unspecified atom stereocenters. The Labute approximate surface area is 59.4 Å². The van der Waals surface area contributed by atoms with Gasteiger partial charge >= 0.3 is 0 Å². The molecule has 1 nitrogen and oxygen atoms in total. The van der Waals surface area contributed by atoms with Gasteiger partial charge in [0.2, 0.25) is 4.69 Å². The van der Waals surface area contributed by atoms with Gasteiger partial charge in [-0.05, 0) is 15.9 Å². The van der Waals surface area contributed by atoms with Crippen LogP contribution in [0.1, 0.15) is 0 Å². The van der Waals surface area contributed by atoms with Gasteiger partial charge in [0.25, 0.3) is 0 Å². The molecule has 0 atom stereocenters. The van der Waals surface area contributed by atoms with Crippen molar-refractivity contribution in [2.75, 3.05) is 0 Å². The highest BCUT2D eigenvalue weighted by Gasteiger charge is 1.96. The van der Waals surface area contributed by atoms with E-state index in [9.17, 15) is 4.79 Å². The molecule has 0 rings (SSSR count). The fourth-order valence-corrected chi connectivity index (χ4v) is 0.388. The lowest BCUT2D eigenvalue weighted by Gasteiger charge is -1.78. The van der Waals surface area contributed by atoms with Gasteiger partial charge in [0.1, 0.15) is 5.03 Å². The molecule has 4 heteroatoms. The second-order valence-corrected chi connectivity index (χ2v) is 2.08. The molecule has 0 spiro atoms. The molecule has 0 radical (unpaired) electrons. The van der Waals surface area contributed by atoms with E-state index in [0.29, 0.717) is 0 Å². The zero-order valence-electron chi connectivity index (χ0n) is 3.12. The van der Waals surface area contributed by atoms with Crippen molar-refractivity contribution in [3.05, 3.63) is 10.6 Å². The smallest absolute Gasteiger partial charge is 0.240 e. The molecule has 0 N–H and O–H groups in total. The first-order chi connectivity index (χ1) is 3.18. The third-order valence-electron chi connectivity index (χ3n) is 0.284. The van der Waals surface area contributed by atoms with Crippen molar-refractivity contribution < 1.29 is 4.79 Å². The molecule has 0 aliphatic carbocycles. The fraction of sp³-hybridized carbons (Fsp3) is 0. The molecule has 7 heavy (non-hydrogen) atoms. The van der Waals surface area contributed by atoms with Crippen LogP contribution in [0.25, 0.3) is 0 Å². The summed E-state index contributed by atoms with van der Waals surface area (Å²) in [6.07, 6.45) is 0. The van der Waals surface area contributed by atoms with Crippen LogP contribution in [0, 0.1) is 0 Å². The predicted octanol–water partition coefficient (Wildman–Crippen LogP) is 2.23. The van der Waals surface area contributed by atoms with Crippen molar-refractivity contribution in [3.63, 3.8) is 0 Å². The molecule has 0 aromatic rings. The van der Waals surface area contributed by atoms with Crippen LogP contribution in [-0.2, 0) is 4.79 Å². The second-order valence-electron chi connectivity index (χ2n) is 0.731. The summed E-state index contributed by atoms with van der Waals surface area (Å²) in [4.78, 5) is 10.0. The molecule has 0 saturated carbocycles. The summed E-state index contributed by atoms with van der Waals surface area (Å²) in [5.74, 6) is 0. The van der Waals surface area contributed by atoms with E-state index in [1.165, 1.54) is 0 Å². The molecule has 0 fully saturated rings. The Morgan fingerprint density at radius 1 is 1.71 bits per heavy atom. The maximum Gasteiger partial charge on any atom is 0.240 e. The molecular weight excluding hydrogens is 203 g/mol. The molecule has 0 aliphatic heterocycles. The Hall–Kier alpha value is 0.470. The molecule has 0 aliphatic rings. The highest BCUT2D eigenvalue weighted by molar-refractivity contribution is 9.18. The lowest BCUT2D eigenvalue weighted by molar-refractivity contribution is -0.106. The van der Waals surface area contributed by atoms with E-state index in [-0.39, 0.29) is 5.03 Å². The van der Waals surface area contributed by atoms with Gasteiger partial charge in [-0.25, -0.2) is 0 Å². The van der Waals surface area contributed by atoms with Crippen molar-refractivity contribution in [1.82, 2.24) is 0 Å². The number of hydrogen-bond acceptors (Lipinski definition) is 1. The van der Waals surface area contributed by atoms with Crippen LogP contribution in [0.5, 0.6) is 0 Å². The van der Waals surface area contributed by atoms with Crippen molar-refractivity contribution >= 4 is 43.8 Å². The number of rotatable bonds is 1. The molecular formula is C3HBrCl2O. The number of hydrogen-bond donors (Lipinski definition) is 0. The Balaban J connectivity index is 3.82. The lowest BCUT2D eigenvalue weighted by Crippen LogP contribution is -1.79. The SMILES string of the molecule is O=C(Br)C(Cl)=CCl. The summed E-state index contributed by atoms with van der Waals surface area (Å²) in [6, 6.07) is 0. The van der Waals surface area contributed by atoms with Gasteiger partial charge in [-0.3, -0.25) is 4.79 Å². The van der Waals surface area contributed by atoms with E-state index in [0.717, 1.165) is 5.54 Å². The van der Waals surface area contributed by atoms with E-state index < -0.39 is 4.69 Å². The van der Waals surface area contributed by atoms with E-state index in [2.05, 4.69) is 15.9 Å². The minimum Gasteiger partial charge on any atom is -0.280 e. The maximum atomic E-state index is 10.0. The van der Waals surface area contributed by atoms with Gasteiger partial charge in [-0.15, -0.1) is 0 Å². The second kappa shape index (κ2) is 3.47. The number of allylic oxidation sites excluding steroid dienone is 1. The largest absolute Gasteiger partial charge is 0.280 e. The predicted molar refractivity (Wildman–Crippen MR) is 33.7 cm³/mol. The van der Waals surface area contributed by atoms with Gasteiger partial charge in [0.05, 0.1) is 0 Å². The standard InChI is InChI=1S/C3HBrCl2O/c4-3(7)2(6)1-5/h1H. The first kappa shape index (κ1) is 7.47. The first-order valence-electron chi connectivity index (χ1n) is 1.34. The molecule has 0 bridgehead atoms. The highest BCUT2D eigenvalue weighted by atomic mass is 79.9. The monoisotopic (exact) mass is 202 g/mol. The van der Waals surface area contributed by atoms with Crippen molar-refractivity contribution in [3.8, 4) is 0 Å². The van der Waals surface area contributed by atoms with Crippen LogP contribution in [0.3, 0.4) is 0 Å². The van der Waals surface area contributed by atoms with Gasteiger partial charge in [-0.2, -0.15) is 0 Å². The normalized spacial score (nSPS) is 11.6. The van der Waals surface area contributed by atoms with Crippen molar-refractivity contribution in [2.45, 2.75) is 0 Å². The van der Waals surface area contributed by atoms with Gasteiger partial charge in [0, 0.05) is 5.54 Å². The Kier molecular flexibility index (Phi) is 3.70. The molecule has 0 aromatic carbocycles. The molecule has 0 aromatic heterocycles. The zero-order chi connectivity index (χ0) is 5.86. The quantitative estimate of drug-likeness (QED) is 0.472. The summed E-state index contributed by atoms with van der Waals surface area (Å²) < 4.78 is -0.399. The van der Waals surface area contributed by atoms with E-state index in [1.807, 2.05) is 0 Å². The Morgan fingerprint density at radius 3 is 2.14 bits per heavy atom. The lowest BCUT2D eigenvalue weighted by atomic mass is 10.7. The maximum absolute atomic E-state index is 10.0. The zero-order valence-corrected chi connectivity index (χ0v) is 6.22. The molecule has 0 amide bonds. The van der Waals surface area contributed by atoms with E-state index >= 15 is 0 Å². The third-order valence-corrected chi connectivity index (χ3v) is 1.55. The molecule has 40 valence electrons. The van der Waals surface area contributed by atoms with E-state index in [4.69, 9.17) is 23.2 Å². The van der Waals surface area contributed by atoms with Gasteiger partial charge in [-0.1, -0.05) is 23.2 Å². The molecule has 0 heterocycles. The summed E-state index contributed by atoms with van der Waals surface area (Å²) in [7, 11) is 0. The summed E-state index contributed by atoms with van der Waals surface area (Å²) in [5.41, 5.74) is 0.999. The first-order valence-corrected chi connectivity index (χ1v) is 2.95. The van der Waals surface area contributed by atoms with Crippen LogP contribution in [-0.4, -0.2) is 4.69 Å².